The molecule has 2 aromatic rings. The van der Waals surface area contributed by atoms with Crippen LogP contribution in [0.3, 0.4) is 0 Å². The third-order valence-corrected chi connectivity index (χ3v) is 6.58. The van der Waals surface area contributed by atoms with Gasteiger partial charge in [0.25, 0.3) is 0 Å². The lowest BCUT2D eigenvalue weighted by Crippen LogP contribution is -2.46. The van der Waals surface area contributed by atoms with E-state index in [9.17, 15) is 9.90 Å². The van der Waals surface area contributed by atoms with E-state index in [-0.39, 0.29) is 12.6 Å². The molecule has 1 saturated heterocycles. The molecule has 1 heterocycles. The number of piperazine rings is 1. The Labute approximate surface area is 200 Å². The monoisotopic (exact) mass is 479 g/mol. The number of halogens is 2. The van der Waals surface area contributed by atoms with Gasteiger partial charge in [-0.2, -0.15) is 0 Å². The quantitative estimate of drug-likeness (QED) is 0.421. The second kappa shape index (κ2) is 11.8. The van der Waals surface area contributed by atoms with Crippen molar-refractivity contribution in [3.63, 3.8) is 0 Å². The smallest absolute Gasteiger partial charge is 0.225 e. The fourth-order valence-corrected chi connectivity index (χ4v) is 4.31. The summed E-state index contributed by atoms with van der Waals surface area (Å²) in [5.74, 6) is 0.503. The number of rotatable bonds is 9. The summed E-state index contributed by atoms with van der Waals surface area (Å²) in [5.41, 5.74) is 2.60. The first-order chi connectivity index (χ1) is 15.4. The number of carbonyl (C=O) groups excluding carboxylic acids is 1. The molecule has 32 heavy (non-hydrogen) atoms. The lowest BCUT2D eigenvalue weighted by Gasteiger charge is -2.36. The average Bonchev–Trinajstić information content (AvgIpc) is 2.78. The Balaban J connectivity index is 1.40. The second-order valence-electron chi connectivity index (χ2n) is 7.99. The molecular weight excluding hydrogens is 449 g/mol. The Bertz CT molecular complexity index is 917. The number of aryl methyl sites for hydroxylation is 1. The van der Waals surface area contributed by atoms with Crippen molar-refractivity contribution in [1.29, 1.82) is 0 Å². The van der Waals surface area contributed by atoms with Crippen LogP contribution in [0.5, 0.6) is 5.75 Å². The van der Waals surface area contributed by atoms with Gasteiger partial charge in [0.05, 0.1) is 28.0 Å². The standard InChI is InChI=1S/C24H31Cl2N3O3/c1-18-8-9-20(16-23(18)29(17-30)19(2)31)32-15-4-3-10-27-11-13-28(14-12-27)22-7-5-6-21(25)24(22)26/h5-9,16,30H,3-4,10-15,17H2,1-2H3. The molecule has 0 bridgehead atoms. The number of benzene rings is 2. The molecule has 0 radical (unpaired) electrons. The zero-order valence-electron chi connectivity index (χ0n) is 18.7. The van der Waals surface area contributed by atoms with E-state index in [0.29, 0.717) is 28.1 Å². The largest absolute Gasteiger partial charge is 0.494 e. The Hall–Kier alpha value is -1.99. The summed E-state index contributed by atoms with van der Waals surface area (Å²) >= 11 is 12.5. The van der Waals surface area contributed by atoms with Crippen LogP contribution in [0.25, 0.3) is 0 Å². The Morgan fingerprint density at radius 1 is 1.12 bits per heavy atom. The zero-order valence-corrected chi connectivity index (χ0v) is 20.2. The highest BCUT2D eigenvalue weighted by atomic mass is 35.5. The molecule has 3 rings (SSSR count). The number of hydrogen-bond acceptors (Lipinski definition) is 5. The van der Waals surface area contributed by atoms with Crippen molar-refractivity contribution in [2.75, 3.05) is 55.9 Å². The van der Waals surface area contributed by atoms with Gasteiger partial charge in [0.2, 0.25) is 5.91 Å². The molecule has 0 atom stereocenters. The fourth-order valence-electron chi connectivity index (χ4n) is 3.89. The molecular formula is C24H31Cl2N3O3. The minimum Gasteiger partial charge on any atom is -0.494 e. The number of nitrogens with zero attached hydrogens (tertiary/aromatic N) is 3. The normalized spacial score (nSPS) is 14.5. The van der Waals surface area contributed by atoms with Gasteiger partial charge in [-0.1, -0.05) is 35.3 Å². The van der Waals surface area contributed by atoms with E-state index >= 15 is 0 Å². The second-order valence-corrected chi connectivity index (χ2v) is 8.78. The number of aliphatic hydroxyl groups excluding tert-OH is 1. The molecule has 8 heteroatoms. The minimum absolute atomic E-state index is 0.203. The number of hydrogen-bond donors (Lipinski definition) is 1. The summed E-state index contributed by atoms with van der Waals surface area (Å²) in [5, 5.41) is 10.7. The van der Waals surface area contributed by atoms with Crippen LogP contribution < -0.4 is 14.5 Å². The highest BCUT2D eigenvalue weighted by Gasteiger charge is 2.19. The number of carbonyl (C=O) groups is 1. The first kappa shape index (κ1) is 24.6. The van der Waals surface area contributed by atoms with E-state index in [2.05, 4.69) is 9.80 Å². The maximum Gasteiger partial charge on any atom is 0.225 e. The van der Waals surface area contributed by atoms with Crippen molar-refractivity contribution < 1.29 is 14.6 Å². The number of anilines is 2. The summed E-state index contributed by atoms with van der Waals surface area (Å²) in [4.78, 5) is 17.8. The zero-order chi connectivity index (χ0) is 23.1. The van der Waals surface area contributed by atoms with E-state index in [4.69, 9.17) is 27.9 Å². The maximum absolute atomic E-state index is 11.7. The van der Waals surface area contributed by atoms with Crippen molar-refractivity contribution in [1.82, 2.24) is 4.90 Å². The summed E-state index contributed by atoms with van der Waals surface area (Å²) in [6.45, 7) is 8.48. The molecule has 0 spiro atoms. The van der Waals surface area contributed by atoms with E-state index < -0.39 is 0 Å². The Morgan fingerprint density at radius 3 is 2.56 bits per heavy atom. The molecule has 174 valence electrons. The fraction of sp³-hybridized carbons (Fsp3) is 0.458. The van der Waals surface area contributed by atoms with Crippen LogP contribution in [-0.4, -0.2) is 62.0 Å². The lowest BCUT2D eigenvalue weighted by atomic mass is 10.1. The minimum atomic E-state index is -0.351. The van der Waals surface area contributed by atoms with Gasteiger partial charge in [0.1, 0.15) is 12.5 Å². The van der Waals surface area contributed by atoms with Gasteiger partial charge >= 0.3 is 0 Å². The maximum atomic E-state index is 11.7. The predicted molar refractivity (Wildman–Crippen MR) is 131 cm³/mol. The first-order valence-corrected chi connectivity index (χ1v) is 11.7. The van der Waals surface area contributed by atoms with Crippen LogP contribution in [0.15, 0.2) is 36.4 Å². The lowest BCUT2D eigenvalue weighted by molar-refractivity contribution is -0.117. The van der Waals surface area contributed by atoms with Gasteiger partial charge < -0.3 is 14.7 Å². The first-order valence-electron chi connectivity index (χ1n) is 10.9. The van der Waals surface area contributed by atoms with E-state index in [1.807, 2.05) is 43.3 Å². The molecule has 1 aliphatic rings. The third-order valence-electron chi connectivity index (χ3n) is 5.77. The van der Waals surface area contributed by atoms with Gasteiger partial charge in [-0.25, -0.2) is 0 Å². The summed E-state index contributed by atoms with van der Waals surface area (Å²) in [6.07, 6.45) is 1.99. The molecule has 0 aromatic heterocycles. The molecule has 0 aliphatic carbocycles. The van der Waals surface area contributed by atoms with Crippen LogP contribution in [0, 0.1) is 6.92 Å². The summed E-state index contributed by atoms with van der Waals surface area (Å²) in [6, 6.07) is 11.4. The van der Waals surface area contributed by atoms with Gasteiger partial charge in [-0.05, 0) is 50.1 Å². The van der Waals surface area contributed by atoms with Gasteiger partial charge in [-0.15, -0.1) is 0 Å². The molecule has 0 unspecified atom stereocenters. The molecule has 1 amide bonds. The van der Waals surface area contributed by atoms with Crippen LogP contribution in [-0.2, 0) is 4.79 Å². The predicted octanol–water partition coefficient (Wildman–Crippen LogP) is 4.59. The SMILES string of the molecule is CC(=O)N(CO)c1cc(OCCCCN2CCN(c3cccc(Cl)c3Cl)CC2)ccc1C. The van der Waals surface area contributed by atoms with Gasteiger partial charge in [-0.3, -0.25) is 14.6 Å². The number of amides is 1. The van der Waals surface area contributed by atoms with E-state index in [1.54, 1.807) is 0 Å². The number of ether oxygens (including phenoxy) is 1. The van der Waals surface area contributed by atoms with Crippen molar-refractivity contribution in [2.24, 2.45) is 0 Å². The van der Waals surface area contributed by atoms with Crippen molar-refractivity contribution in [3.05, 3.63) is 52.0 Å². The number of unbranched alkanes of at least 4 members (excludes halogenated alkanes) is 1. The highest BCUT2D eigenvalue weighted by molar-refractivity contribution is 6.43. The molecule has 6 nitrogen and oxygen atoms in total. The third kappa shape index (κ3) is 6.29. The average molecular weight is 480 g/mol. The topological polar surface area (TPSA) is 56.3 Å². The van der Waals surface area contributed by atoms with Gasteiger partial charge in [0, 0.05) is 39.2 Å². The van der Waals surface area contributed by atoms with Crippen molar-refractivity contribution in [2.45, 2.75) is 26.7 Å². The van der Waals surface area contributed by atoms with E-state index in [0.717, 1.165) is 56.8 Å². The molecule has 0 saturated carbocycles. The van der Waals surface area contributed by atoms with E-state index in [1.165, 1.54) is 11.8 Å². The van der Waals surface area contributed by atoms with Crippen molar-refractivity contribution in [3.8, 4) is 5.75 Å². The highest BCUT2D eigenvalue weighted by Crippen LogP contribution is 2.33. The van der Waals surface area contributed by atoms with Crippen LogP contribution in [0.2, 0.25) is 10.0 Å². The summed E-state index contributed by atoms with van der Waals surface area (Å²) in [7, 11) is 0. The van der Waals surface area contributed by atoms with Crippen LogP contribution in [0.1, 0.15) is 25.3 Å². The molecule has 1 aliphatic heterocycles. The van der Waals surface area contributed by atoms with Crippen LogP contribution in [0.4, 0.5) is 11.4 Å². The van der Waals surface area contributed by atoms with Crippen molar-refractivity contribution >= 4 is 40.5 Å². The van der Waals surface area contributed by atoms with Gasteiger partial charge in [0.15, 0.2) is 0 Å². The van der Waals surface area contributed by atoms with Crippen LogP contribution >= 0.6 is 23.2 Å². The molecule has 2 aromatic carbocycles. The Morgan fingerprint density at radius 2 is 1.88 bits per heavy atom. The summed E-state index contributed by atoms with van der Waals surface area (Å²) < 4.78 is 5.89. The molecule has 1 fully saturated rings. The Kier molecular flexibility index (Phi) is 9.05. The molecule has 1 N–H and O–H groups in total. The number of aliphatic hydroxyl groups is 1.